The molecule has 0 unspecified atom stereocenters. The number of hydrogen-bond acceptors (Lipinski definition) is 2. The molecule has 0 amide bonds. The second-order valence-corrected chi connectivity index (χ2v) is 5.09. The second-order valence-electron chi connectivity index (χ2n) is 4.30. The lowest BCUT2D eigenvalue weighted by molar-refractivity contribution is -0.488. The van der Waals surface area contributed by atoms with Crippen molar-refractivity contribution in [2.75, 3.05) is 0 Å². The van der Waals surface area contributed by atoms with E-state index in [9.17, 15) is 48.3 Å². The van der Waals surface area contributed by atoms with Crippen LogP contribution in [-0.2, 0) is 10.6 Å². The number of nitrogens with one attached hydrogen (secondary N) is 1. The van der Waals surface area contributed by atoms with Gasteiger partial charge in [-0.3, -0.25) is 9.84 Å². The van der Waals surface area contributed by atoms with Crippen molar-refractivity contribution >= 4 is 15.9 Å². The maximum Gasteiger partial charge on any atom is 0.462 e. The number of rotatable bonds is 4. The van der Waals surface area contributed by atoms with Crippen LogP contribution in [0.25, 0.3) is 0 Å². The molecule has 15 heteroatoms. The number of aromatic nitrogens is 2. The molecule has 1 N–H and O–H groups in total. The summed E-state index contributed by atoms with van der Waals surface area (Å²) in [7, 11) is 0. The van der Waals surface area contributed by atoms with Gasteiger partial charge in [-0.05, 0) is 22.9 Å². The fourth-order valence-corrected chi connectivity index (χ4v) is 1.71. The summed E-state index contributed by atoms with van der Waals surface area (Å²) < 4.78 is 141. The monoisotopic (exact) mass is 444 g/mol. The van der Waals surface area contributed by atoms with E-state index in [1.165, 1.54) is 0 Å². The normalized spacial score (nSPS) is 17.0. The van der Waals surface area contributed by atoms with Crippen LogP contribution in [-0.4, -0.2) is 34.6 Å². The third-order valence-corrected chi connectivity index (χ3v) is 3.50. The minimum Gasteiger partial charge on any atom is -0.281 e. The first-order valence-electron chi connectivity index (χ1n) is 5.37. The van der Waals surface area contributed by atoms with Crippen molar-refractivity contribution in [1.29, 1.82) is 0 Å². The molecule has 1 heterocycles. The quantitative estimate of drug-likeness (QED) is 0.665. The SMILES string of the molecule is Cc1[nH]nc([C@@](F)(OC(F)(F)C(F)(F)C(F)(F)F)C(F)(F)F)c1Br. The van der Waals surface area contributed by atoms with Crippen molar-refractivity contribution in [3.05, 3.63) is 15.9 Å². The summed E-state index contributed by atoms with van der Waals surface area (Å²) >= 11 is 2.31. The molecule has 140 valence electrons. The van der Waals surface area contributed by atoms with E-state index in [0.29, 0.717) is 0 Å². The van der Waals surface area contributed by atoms with Crippen LogP contribution in [0, 0.1) is 6.92 Å². The van der Waals surface area contributed by atoms with Crippen molar-refractivity contribution in [2.45, 2.75) is 37.2 Å². The lowest BCUT2D eigenvalue weighted by Crippen LogP contribution is -2.58. The van der Waals surface area contributed by atoms with E-state index in [0.717, 1.165) is 6.92 Å². The van der Waals surface area contributed by atoms with Gasteiger partial charge in [0, 0.05) is 5.69 Å². The molecule has 0 saturated carbocycles. The summed E-state index contributed by atoms with van der Waals surface area (Å²) in [6.45, 7) is 0.972. The van der Waals surface area contributed by atoms with E-state index in [1.54, 1.807) is 5.10 Å². The number of aryl methyl sites for hydroxylation is 1. The topological polar surface area (TPSA) is 37.9 Å². The molecule has 0 aliphatic rings. The van der Waals surface area contributed by atoms with E-state index in [4.69, 9.17) is 0 Å². The molecule has 0 fully saturated rings. The molecule has 0 aliphatic heterocycles. The van der Waals surface area contributed by atoms with Crippen LogP contribution in [0.4, 0.5) is 48.3 Å². The van der Waals surface area contributed by atoms with E-state index < -0.39 is 40.4 Å². The average molecular weight is 445 g/mol. The van der Waals surface area contributed by atoms with E-state index in [-0.39, 0.29) is 5.69 Å². The van der Waals surface area contributed by atoms with Crippen molar-refractivity contribution in [3.8, 4) is 0 Å². The molecule has 1 rings (SSSR count). The summed E-state index contributed by atoms with van der Waals surface area (Å²) in [6, 6.07) is 0. The first kappa shape index (κ1) is 20.9. The zero-order valence-corrected chi connectivity index (χ0v) is 12.5. The third kappa shape index (κ3) is 3.19. The summed E-state index contributed by atoms with van der Waals surface area (Å²) in [5.41, 5.74) is -2.41. The Labute approximate surface area is 133 Å². The van der Waals surface area contributed by atoms with Gasteiger partial charge in [-0.2, -0.15) is 53.4 Å². The highest BCUT2D eigenvalue weighted by Crippen LogP contribution is 2.54. The maximum absolute atomic E-state index is 14.1. The van der Waals surface area contributed by atoms with Gasteiger partial charge in [-0.25, -0.2) is 0 Å². The molecule has 0 aromatic carbocycles. The van der Waals surface area contributed by atoms with Crippen LogP contribution in [0.2, 0.25) is 0 Å². The maximum atomic E-state index is 14.1. The largest absolute Gasteiger partial charge is 0.462 e. The van der Waals surface area contributed by atoms with Crippen LogP contribution in [0.3, 0.4) is 0 Å². The Bertz CT molecular complexity index is 608. The van der Waals surface area contributed by atoms with Crippen LogP contribution < -0.4 is 0 Å². The number of hydrogen-bond donors (Lipinski definition) is 1. The number of ether oxygens (including phenoxy) is 1. The molecule has 0 spiro atoms. The van der Waals surface area contributed by atoms with Crippen LogP contribution in [0.5, 0.6) is 0 Å². The molecular weight excluding hydrogens is 441 g/mol. The summed E-state index contributed by atoms with van der Waals surface area (Å²) in [4.78, 5) is 0. The Balaban J connectivity index is 3.48. The van der Waals surface area contributed by atoms with Gasteiger partial charge in [-0.15, -0.1) is 0 Å². The minimum absolute atomic E-state index is 0.370. The standard InChI is InChI=1S/C9H4BrF11N2O/c1-2-3(10)4(23-22-2)5(11,7(14,15)16)24-9(20,21)6(12,13)8(17,18)19/h1H3,(H,22,23)/t5-/m1/s1. The molecule has 24 heavy (non-hydrogen) atoms. The smallest absolute Gasteiger partial charge is 0.281 e. The fourth-order valence-electron chi connectivity index (χ4n) is 1.27. The summed E-state index contributed by atoms with van der Waals surface area (Å²) in [5.74, 6) is -12.9. The van der Waals surface area contributed by atoms with Gasteiger partial charge in [0.25, 0.3) is 0 Å². The van der Waals surface area contributed by atoms with Crippen molar-refractivity contribution in [1.82, 2.24) is 10.2 Å². The van der Waals surface area contributed by atoms with Gasteiger partial charge in [0.05, 0.1) is 4.47 Å². The van der Waals surface area contributed by atoms with Gasteiger partial charge >= 0.3 is 30.2 Å². The van der Waals surface area contributed by atoms with Crippen LogP contribution in [0.1, 0.15) is 11.4 Å². The summed E-state index contributed by atoms with van der Waals surface area (Å²) in [6.07, 6.45) is -20.4. The number of alkyl halides is 11. The molecule has 0 saturated heterocycles. The van der Waals surface area contributed by atoms with Gasteiger partial charge in [0.15, 0.2) is 5.69 Å². The molecule has 1 atom stereocenters. The van der Waals surface area contributed by atoms with E-state index in [2.05, 4.69) is 25.8 Å². The molecule has 1 aromatic heterocycles. The van der Waals surface area contributed by atoms with Crippen molar-refractivity contribution in [3.63, 3.8) is 0 Å². The van der Waals surface area contributed by atoms with E-state index in [1.807, 2.05) is 0 Å². The highest BCUT2D eigenvalue weighted by atomic mass is 79.9. The van der Waals surface area contributed by atoms with Crippen molar-refractivity contribution < 1.29 is 53.0 Å². The zero-order valence-electron chi connectivity index (χ0n) is 10.9. The number of halogens is 12. The van der Waals surface area contributed by atoms with Crippen molar-refractivity contribution in [2.24, 2.45) is 0 Å². The average Bonchev–Trinajstić information content (AvgIpc) is 2.66. The Morgan fingerprint density at radius 3 is 1.62 bits per heavy atom. The number of nitrogens with zero attached hydrogens (tertiary/aromatic N) is 1. The van der Waals surface area contributed by atoms with Crippen LogP contribution >= 0.6 is 15.9 Å². The lowest BCUT2D eigenvalue weighted by atomic mass is 10.2. The number of H-pyrrole nitrogens is 1. The Morgan fingerprint density at radius 1 is 0.875 bits per heavy atom. The Morgan fingerprint density at radius 2 is 1.33 bits per heavy atom. The Hall–Kier alpha value is -1.12. The summed E-state index contributed by atoms with van der Waals surface area (Å²) in [5, 5.41) is 4.33. The fraction of sp³-hybridized carbons (Fsp3) is 0.667. The number of aromatic amines is 1. The predicted molar refractivity (Wildman–Crippen MR) is 56.9 cm³/mol. The molecule has 0 radical (unpaired) electrons. The molecule has 3 nitrogen and oxygen atoms in total. The lowest BCUT2D eigenvalue weighted by Gasteiger charge is -2.34. The highest BCUT2D eigenvalue weighted by Gasteiger charge is 2.79. The van der Waals surface area contributed by atoms with Gasteiger partial charge in [0.2, 0.25) is 0 Å². The minimum atomic E-state index is -7.11. The van der Waals surface area contributed by atoms with Gasteiger partial charge < -0.3 is 0 Å². The molecule has 0 bridgehead atoms. The highest BCUT2D eigenvalue weighted by molar-refractivity contribution is 9.10. The molecular formula is C9H4BrF11N2O. The zero-order chi connectivity index (χ0) is 19.4. The molecule has 0 aliphatic carbocycles. The van der Waals surface area contributed by atoms with E-state index >= 15 is 0 Å². The first-order chi connectivity index (χ1) is 10.4. The second kappa shape index (κ2) is 5.71. The predicted octanol–water partition coefficient (Wildman–Crippen LogP) is 4.97. The first-order valence-corrected chi connectivity index (χ1v) is 6.17. The molecule has 1 aromatic rings. The van der Waals surface area contributed by atoms with Gasteiger partial charge in [-0.1, -0.05) is 0 Å². The third-order valence-electron chi connectivity index (χ3n) is 2.53. The van der Waals surface area contributed by atoms with Gasteiger partial charge in [0.1, 0.15) is 0 Å². The Kier molecular flexibility index (Phi) is 4.98. The van der Waals surface area contributed by atoms with Crippen LogP contribution in [0.15, 0.2) is 4.47 Å².